The largest absolute Gasteiger partial charge is 0.382 e. The molecule has 0 saturated heterocycles. The Balaban J connectivity index is 2.07. The summed E-state index contributed by atoms with van der Waals surface area (Å²) >= 11 is 0. The average molecular weight is 231 g/mol. The van der Waals surface area contributed by atoms with Crippen LogP contribution >= 0.6 is 0 Å². The second-order valence-electron chi connectivity index (χ2n) is 5.26. The lowest BCUT2D eigenvalue weighted by molar-refractivity contribution is 0.489. The van der Waals surface area contributed by atoms with Crippen LogP contribution in [0, 0.1) is 5.92 Å². The Morgan fingerprint density at radius 3 is 2.76 bits per heavy atom. The zero-order chi connectivity index (χ0) is 12.1. The van der Waals surface area contributed by atoms with E-state index in [1.54, 1.807) is 0 Å². The van der Waals surface area contributed by atoms with Crippen molar-refractivity contribution in [3.8, 4) is 0 Å². The number of benzene rings is 1. The van der Waals surface area contributed by atoms with E-state index in [1.165, 1.54) is 49.8 Å². The molecule has 0 radical (unpaired) electrons. The highest BCUT2D eigenvalue weighted by atomic mass is 14.9. The predicted molar refractivity (Wildman–Crippen MR) is 75.5 cm³/mol. The molecule has 1 fully saturated rings. The molecular weight excluding hydrogens is 206 g/mol. The molecule has 2 unspecified atom stereocenters. The molecule has 1 aliphatic carbocycles. The number of nitrogens with one attached hydrogen (secondary N) is 1. The van der Waals surface area contributed by atoms with Crippen LogP contribution in [0.4, 0.5) is 5.69 Å². The van der Waals surface area contributed by atoms with Crippen LogP contribution in [0.3, 0.4) is 0 Å². The van der Waals surface area contributed by atoms with Gasteiger partial charge in [-0.15, -0.1) is 0 Å². The topological polar surface area (TPSA) is 12.0 Å². The summed E-state index contributed by atoms with van der Waals surface area (Å²) in [4.78, 5) is 0. The molecule has 0 heterocycles. The Morgan fingerprint density at radius 1 is 1.18 bits per heavy atom. The Morgan fingerprint density at radius 2 is 2.00 bits per heavy atom. The Bertz CT molecular complexity index is 345. The number of rotatable bonds is 5. The van der Waals surface area contributed by atoms with Gasteiger partial charge in [0.2, 0.25) is 0 Å². The number of aryl methyl sites for hydroxylation is 1. The van der Waals surface area contributed by atoms with Crippen LogP contribution in [0.5, 0.6) is 0 Å². The first-order valence-electron chi connectivity index (χ1n) is 7.19. The summed E-state index contributed by atoms with van der Waals surface area (Å²) in [6.07, 6.45) is 7.87. The standard InChI is InChI=1S/C16H25N/c1-3-8-14-9-5-6-11-16(14)17-15-12-7-10-13(15)4-2/h5-6,9,11,13,15,17H,3-4,7-8,10,12H2,1-2H3. The minimum Gasteiger partial charge on any atom is -0.382 e. The molecule has 1 heteroatoms. The van der Waals surface area contributed by atoms with Crippen LogP contribution in [0.2, 0.25) is 0 Å². The molecule has 0 aromatic heterocycles. The number of para-hydroxylation sites is 1. The third kappa shape index (κ3) is 3.02. The fourth-order valence-corrected chi connectivity index (χ4v) is 3.06. The number of hydrogen-bond donors (Lipinski definition) is 1. The van der Waals surface area contributed by atoms with Gasteiger partial charge in [-0.25, -0.2) is 0 Å². The van der Waals surface area contributed by atoms with E-state index in [-0.39, 0.29) is 0 Å². The van der Waals surface area contributed by atoms with Crippen molar-refractivity contribution in [3.05, 3.63) is 29.8 Å². The third-order valence-electron chi connectivity index (χ3n) is 4.06. The second-order valence-corrected chi connectivity index (χ2v) is 5.26. The molecule has 1 saturated carbocycles. The molecule has 17 heavy (non-hydrogen) atoms. The Labute approximate surface area is 106 Å². The van der Waals surface area contributed by atoms with Gasteiger partial charge in [0.1, 0.15) is 0 Å². The molecule has 1 aromatic carbocycles. The zero-order valence-electron chi connectivity index (χ0n) is 11.2. The highest BCUT2D eigenvalue weighted by Crippen LogP contribution is 2.31. The minimum absolute atomic E-state index is 0.706. The molecule has 2 rings (SSSR count). The van der Waals surface area contributed by atoms with Gasteiger partial charge >= 0.3 is 0 Å². The smallest absolute Gasteiger partial charge is 0.0374 e. The summed E-state index contributed by atoms with van der Waals surface area (Å²) in [6.45, 7) is 4.57. The van der Waals surface area contributed by atoms with Crippen molar-refractivity contribution in [3.63, 3.8) is 0 Å². The predicted octanol–water partition coefficient (Wildman–Crippen LogP) is 4.63. The average Bonchev–Trinajstić information content (AvgIpc) is 2.79. The molecule has 0 bridgehead atoms. The van der Waals surface area contributed by atoms with Crippen LogP contribution in [0.25, 0.3) is 0 Å². The van der Waals surface area contributed by atoms with Gasteiger partial charge < -0.3 is 5.32 Å². The molecule has 0 amide bonds. The summed E-state index contributed by atoms with van der Waals surface area (Å²) in [5, 5.41) is 3.80. The lowest BCUT2D eigenvalue weighted by Crippen LogP contribution is -2.24. The molecule has 0 spiro atoms. The summed E-state index contributed by atoms with van der Waals surface area (Å²) < 4.78 is 0. The van der Waals surface area contributed by atoms with Crippen molar-refractivity contribution in [2.75, 3.05) is 5.32 Å². The highest BCUT2D eigenvalue weighted by molar-refractivity contribution is 5.52. The monoisotopic (exact) mass is 231 g/mol. The molecule has 1 nitrogen and oxygen atoms in total. The van der Waals surface area contributed by atoms with Gasteiger partial charge in [0.25, 0.3) is 0 Å². The molecule has 94 valence electrons. The molecular formula is C16H25N. The van der Waals surface area contributed by atoms with E-state index in [0.717, 1.165) is 5.92 Å². The summed E-state index contributed by atoms with van der Waals surface area (Å²) in [7, 11) is 0. The maximum Gasteiger partial charge on any atom is 0.0374 e. The van der Waals surface area contributed by atoms with E-state index >= 15 is 0 Å². The summed E-state index contributed by atoms with van der Waals surface area (Å²) in [5.41, 5.74) is 2.86. The zero-order valence-corrected chi connectivity index (χ0v) is 11.2. The number of anilines is 1. The van der Waals surface area contributed by atoms with Crippen molar-refractivity contribution in [2.24, 2.45) is 5.92 Å². The molecule has 1 N–H and O–H groups in total. The van der Waals surface area contributed by atoms with Gasteiger partial charge in [-0.05, 0) is 36.8 Å². The maximum atomic E-state index is 3.80. The first-order valence-corrected chi connectivity index (χ1v) is 7.19. The Hall–Kier alpha value is -0.980. The van der Waals surface area contributed by atoms with Crippen molar-refractivity contribution < 1.29 is 0 Å². The Kier molecular flexibility index (Phi) is 4.47. The van der Waals surface area contributed by atoms with E-state index in [1.807, 2.05) is 0 Å². The molecule has 2 atom stereocenters. The van der Waals surface area contributed by atoms with Crippen LogP contribution in [0.15, 0.2) is 24.3 Å². The van der Waals surface area contributed by atoms with E-state index in [9.17, 15) is 0 Å². The fourth-order valence-electron chi connectivity index (χ4n) is 3.06. The van der Waals surface area contributed by atoms with E-state index in [0.29, 0.717) is 6.04 Å². The van der Waals surface area contributed by atoms with E-state index < -0.39 is 0 Å². The molecule has 1 aromatic rings. The van der Waals surface area contributed by atoms with Crippen LogP contribution in [-0.4, -0.2) is 6.04 Å². The minimum atomic E-state index is 0.706. The fraction of sp³-hybridized carbons (Fsp3) is 0.625. The second kappa shape index (κ2) is 6.09. The van der Waals surface area contributed by atoms with Crippen molar-refractivity contribution in [1.29, 1.82) is 0 Å². The van der Waals surface area contributed by atoms with Crippen molar-refractivity contribution in [1.82, 2.24) is 0 Å². The normalized spacial score (nSPS) is 23.9. The van der Waals surface area contributed by atoms with Gasteiger partial charge in [0, 0.05) is 11.7 Å². The lowest BCUT2D eigenvalue weighted by atomic mass is 9.99. The number of hydrogen-bond acceptors (Lipinski definition) is 1. The van der Waals surface area contributed by atoms with Gasteiger partial charge in [0.15, 0.2) is 0 Å². The van der Waals surface area contributed by atoms with Crippen molar-refractivity contribution >= 4 is 5.69 Å². The van der Waals surface area contributed by atoms with Crippen molar-refractivity contribution in [2.45, 2.75) is 58.4 Å². The third-order valence-corrected chi connectivity index (χ3v) is 4.06. The first kappa shape index (κ1) is 12.5. The summed E-state index contributed by atoms with van der Waals surface area (Å²) in [6, 6.07) is 9.52. The van der Waals surface area contributed by atoms with Crippen LogP contribution < -0.4 is 5.32 Å². The van der Waals surface area contributed by atoms with Gasteiger partial charge in [-0.3, -0.25) is 0 Å². The first-order chi connectivity index (χ1) is 8.35. The van der Waals surface area contributed by atoms with Crippen LogP contribution in [-0.2, 0) is 6.42 Å². The lowest BCUT2D eigenvalue weighted by Gasteiger charge is -2.22. The molecule has 1 aliphatic rings. The van der Waals surface area contributed by atoms with Crippen LogP contribution in [0.1, 0.15) is 51.5 Å². The highest BCUT2D eigenvalue weighted by Gasteiger charge is 2.25. The quantitative estimate of drug-likeness (QED) is 0.779. The van der Waals surface area contributed by atoms with Gasteiger partial charge in [-0.1, -0.05) is 51.3 Å². The van der Waals surface area contributed by atoms with Gasteiger partial charge in [0.05, 0.1) is 0 Å². The van der Waals surface area contributed by atoms with E-state index in [4.69, 9.17) is 0 Å². The van der Waals surface area contributed by atoms with Gasteiger partial charge in [-0.2, -0.15) is 0 Å². The summed E-state index contributed by atoms with van der Waals surface area (Å²) in [5.74, 6) is 0.879. The van der Waals surface area contributed by atoms with E-state index in [2.05, 4.69) is 43.4 Å². The SMILES string of the molecule is CCCc1ccccc1NC1CCCC1CC. The molecule has 0 aliphatic heterocycles. The maximum absolute atomic E-state index is 3.80.